The van der Waals surface area contributed by atoms with Crippen molar-refractivity contribution >= 4 is 23.7 Å². The van der Waals surface area contributed by atoms with Crippen molar-refractivity contribution in [1.29, 1.82) is 0 Å². The number of nitro groups is 1. The first-order valence-corrected chi connectivity index (χ1v) is 8.81. The van der Waals surface area contributed by atoms with Gasteiger partial charge in [0.2, 0.25) is 0 Å². The molecule has 1 heterocycles. The van der Waals surface area contributed by atoms with E-state index in [1.54, 1.807) is 27.7 Å². The van der Waals surface area contributed by atoms with Gasteiger partial charge in [0, 0.05) is 19.8 Å². The van der Waals surface area contributed by atoms with Gasteiger partial charge in [0.05, 0.1) is 12.6 Å². The van der Waals surface area contributed by atoms with Crippen molar-refractivity contribution in [3.8, 4) is 0 Å². The molecule has 0 aliphatic carbocycles. The van der Waals surface area contributed by atoms with Gasteiger partial charge in [-0.25, -0.2) is 14.3 Å². The van der Waals surface area contributed by atoms with Crippen LogP contribution in [0.3, 0.4) is 0 Å². The Morgan fingerprint density at radius 1 is 1.36 bits per heavy atom. The summed E-state index contributed by atoms with van der Waals surface area (Å²) < 4.78 is 6.50. The Morgan fingerprint density at radius 3 is 2.54 bits per heavy atom. The molecular formula is C17H26N4O7. The van der Waals surface area contributed by atoms with E-state index < -0.39 is 28.6 Å². The molecule has 0 bridgehead atoms. The number of hydrogen-bond acceptors (Lipinski definition) is 7. The van der Waals surface area contributed by atoms with E-state index in [2.05, 4.69) is 10.3 Å². The zero-order chi connectivity index (χ0) is 21.5. The predicted octanol–water partition coefficient (Wildman–Crippen LogP) is 2.21. The Hall–Kier alpha value is -2.98. The fourth-order valence-corrected chi connectivity index (χ4v) is 2.50. The molecule has 1 aromatic rings. The number of hydrogen-bond donors (Lipinski definition) is 2. The number of ether oxygens (including phenoxy) is 1. The van der Waals surface area contributed by atoms with Gasteiger partial charge >= 0.3 is 17.9 Å². The first kappa shape index (κ1) is 23.1. The second kappa shape index (κ2) is 9.81. The fourth-order valence-electron chi connectivity index (χ4n) is 2.50. The summed E-state index contributed by atoms with van der Waals surface area (Å²) in [5.74, 6) is -1.17. The molecule has 1 rings (SSSR count). The molecule has 0 aliphatic heterocycles. The molecule has 1 aromatic heterocycles. The van der Waals surface area contributed by atoms with E-state index in [1.165, 1.54) is 4.57 Å². The van der Waals surface area contributed by atoms with Crippen molar-refractivity contribution in [2.24, 2.45) is 0 Å². The molecule has 1 atom stereocenters. The Balaban J connectivity index is 2.70. The third-order valence-electron chi connectivity index (χ3n) is 3.75. The lowest BCUT2D eigenvalue weighted by atomic mass is 10.0. The van der Waals surface area contributed by atoms with E-state index >= 15 is 0 Å². The number of Topliss-reactive ketones (excluding diaryl/α,β-unsaturated/α-hetero) is 1. The fraction of sp³-hybridized carbons (Fsp3) is 0.647. The number of nitrogens with one attached hydrogen (secondary N) is 1. The van der Waals surface area contributed by atoms with E-state index in [4.69, 9.17) is 9.84 Å². The van der Waals surface area contributed by atoms with Crippen LogP contribution >= 0.6 is 0 Å². The number of carboxylic acids is 1. The Labute approximate surface area is 162 Å². The standard InChI is InChI=1S/C17H26N4O7/c1-11-18-10-14(21(26)27)20(11)9-5-6-13(22)12(7-8-15(23)24)19-16(25)28-17(2,3)4/h10,12H,5-9H2,1-4H3,(H,19,25)(H,23,24). The second-order valence-corrected chi connectivity index (χ2v) is 7.27. The van der Waals surface area contributed by atoms with Crippen molar-refractivity contribution in [3.63, 3.8) is 0 Å². The molecule has 0 radical (unpaired) electrons. The number of amides is 1. The van der Waals surface area contributed by atoms with Gasteiger partial charge < -0.3 is 25.3 Å². The van der Waals surface area contributed by atoms with Crippen LogP contribution in [0.15, 0.2) is 6.20 Å². The number of carbonyl (C=O) groups excluding carboxylic acids is 2. The third-order valence-corrected chi connectivity index (χ3v) is 3.75. The highest BCUT2D eigenvalue weighted by Crippen LogP contribution is 2.15. The van der Waals surface area contributed by atoms with Gasteiger partial charge in [-0.2, -0.15) is 0 Å². The van der Waals surface area contributed by atoms with Crippen LogP contribution in [0.2, 0.25) is 0 Å². The monoisotopic (exact) mass is 398 g/mol. The van der Waals surface area contributed by atoms with Gasteiger partial charge in [-0.05, 0) is 38.5 Å². The summed E-state index contributed by atoms with van der Waals surface area (Å²) in [6, 6.07) is -1.01. The molecule has 0 saturated heterocycles. The van der Waals surface area contributed by atoms with Crippen LogP contribution in [0.4, 0.5) is 10.6 Å². The Morgan fingerprint density at radius 2 is 2.00 bits per heavy atom. The van der Waals surface area contributed by atoms with Crippen molar-refractivity contribution < 1.29 is 29.2 Å². The smallest absolute Gasteiger partial charge is 0.408 e. The molecule has 11 nitrogen and oxygen atoms in total. The number of alkyl carbamates (subject to hydrolysis) is 1. The van der Waals surface area contributed by atoms with Gasteiger partial charge in [0.15, 0.2) is 11.6 Å². The van der Waals surface area contributed by atoms with Gasteiger partial charge in [0.25, 0.3) is 0 Å². The average molecular weight is 398 g/mol. The minimum Gasteiger partial charge on any atom is -0.481 e. The number of aromatic nitrogens is 2. The molecule has 0 saturated carbocycles. The number of imidazole rings is 1. The topological polar surface area (TPSA) is 154 Å². The summed E-state index contributed by atoms with van der Waals surface area (Å²) in [7, 11) is 0. The van der Waals surface area contributed by atoms with Crippen LogP contribution in [-0.2, 0) is 20.9 Å². The molecular weight excluding hydrogens is 372 g/mol. The summed E-state index contributed by atoms with van der Waals surface area (Å²) in [5.41, 5.74) is -0.762. The maximum Gasteiger partial charge on any atom is 0.408 e. The second-order valence-electron chi connectivity index (χ2n) is 7.27. The lowest BCUT2D eigenvalue weighted by Gasteiger charge is -2.23. The lowest BCUT2D eigenvalue weighted by Crippen LogP contribution is -2.43. The molecule has 0 fully saturated rings. The molecule has 28 heavy (non-hydrogen) atoms. The molecule has 11 heteroatoms. The Kier molecular flexibility index (Phi) is 8.08. The van der Waals surface area contributed by atoms with Crippen LogP contribution < -0.4 is 5.32 Å². The zero-order valence-electron chi connectivity index (χ0n) is 16.4. The van der Waals surface area contributed by atoms with Crippen molar-refractivity contribution in [1.82, 2.24) is 14.9 Å². The SMILES string of the molecule is Cc1ncc([N+](=O)[O-])n1CCCC(=O)C(CCC(=O)O)NC(=O)OC(C)(C)C. The van der Waals surface area contributed by atoms with Crippen LogP contribution in [0, 0.1) is 17.0 Å². The number of carboxylic acid groups (broad SMARTS) is 1. The number of rotatable bonds is 10. The minimum absolute atomic E-state index is 0.00879. The molecule has 0 spiro atoms. The summed E-state index contributed by atoms with van der Waals surface area (Å²) in [5, 5.41) is 22.2. The van der Waals surface area contributed by atoms with E-state index in [9.17, 15) is 24.5 Å². The predicted molar refractivity (Wildman–Crippen MR) is 97.9 cm³/mol. The summed E-state index contributed by atoms with van der Waals surface area (Å²) >= 11 is 0. The normalized spacial score (nSPS) is 12.3. The van der Waals surface area contributed by atoms with Crippen LogP contribution in [-0.4, -0.2) is 49.1 Å². The molecule has 1 amide bonds. The molecule has 2 N–H and O–H groups in total. The molecule has 0 aromatic carbocycles. The third kappa shape index (κ3) is 7.72. The quantitative estimate of drug-likeness (QED) is 0.449. The molecule has 0 aliphatic rings. The maximum atomic E-state index is 12.5. The number of carbonyl (C=O) groups is 3. The van der Waals surface area contributed by atoms with Crippen molar-refractivity contribution in [2.75, 3.05) is 0 Å². The van der Waals surface area contributed by atoms with E-state index in [-0.39, 0.29) is 43.8 Å². The van der Waals surface area contributed by atoms with E-state index in [0.29, 0.717) is 5.82 Å². The van der Waals surface area contributed by atoms with Crippen LogP contribution in [0.5, 0.6) is 0 Å². The summed E-state index contributed by atoms with van der Waals surface area (Å²) in [6.45, 7) is 6.82. The molecule has 156 valence electrons. The van der Waals surface area contributed by atoms with Gasteiger partial charge in [-0.1, -0.05) is 0 Å². The summed E-state index contributed by atoms with van der Waals surface area (Å²) in [6.07, 6.45) is 0.260. The first-order valence-electron chi connectivity index (χ1n) is 8.81. The van der Waals surface area contributed by atoms with E-state index in [1.807, 2.05) is 0 Å². The number of aryl methyl sites for hydroxylation is 1. The van der Waals surface area contributed by atoms with Crippen LogP contribution in [0.1, 0.15) is 52.3 Å². The molecule has 1 unspecified atom stereocenters. The zero-order valence-corrected chi connectivity index (χ0v) is 16.4. The minimum atomic E-state index is -1.09. The highest BCUT2D eigenvalue weighted by atomic mass is 16.6. The van der Waals surface area contributed by atoms with Gasteiger partial charge in [-0.3, -0.25) is 9.59 Å². The largest absolute Gasteiger partial charge is 0.481 e. The van der Waals surface area contributed by atoms with Gasteiger partial charge in [-0.15, -0.1) is 0 Å². The lowest BCUT2D eigenvalue weighted by molar-refractivity contribution is -0.392. The van der Waals surface area contributed by atoms with E-state index in [0.717, 1.165) is 6.20 Å². The van der Waals surface area contributed by atoms with Gasteiger partial charge in [0.1, 0.15) is 11.8 Å². The number of ketones is 1. The van der Waals surface area contributed by atoms with Crippen molar-refractivity contribution in [2.45, 2.75) is 71.6 Å². The maximum absolute atomic E-state index is 12.5. The first-order chi connectivity index (χ1) is 12.9. The number of nitrogens with zero attached hydrogens (tertiary/aromatic N) is 3. The van der Waals surface area contributed by atoms with Crippen LogP contribution in [0.25, 0.3) is 0 Å². The Bertz CT molecular complexity index is 736. The average Bonchev–Trinajstić information content (AvgIpc) is 2.90. The number of aliphatic carboxylic acids is 1. The van der Waals surface area contributed by atoms with Crippen molar-refractivity contribution in [3.05, 3.63) is 22.1 Å². The highest BCUT2D eigenvalue weighted by Gasteiger charge is 2.25. The summed E-state index contributed by atoms with van der Waals surface area (Å²) in [4.78, 5) is 49.5. The highest BCUT2D eigenvalue weighted by molar-refractivity contribution is 5.87.